The Morgan fingerprint density at radius 2 is 1.85 bits per heavy atom. The number of pyridine rings is 2. The molecule has 2 aromatic heterocycles. The highest BCUT2D eigenvalue weighted by Gasteiger charge is 2.34. The third-order valence-corrected chi connectivity index (χ3v) is 7.98. The van der Waals surface area contributed by atoms with Crippen LogP contribution < -0.4 is 5.56 Å². The fourth-order valence-corrected chi connectivity index (χ4v) is 6.10. The number of fused-ring (bicyclic) bond motifs is 1. The Hall–Kier alpha value is -3.04. The third kappa shape index (κ3) is 5.05. The van der Waals surface area contributed by atoms with Crippen molar-refractivity contribution >= 4 is 26.6 Å². The minimum atomic E-state index is -3.79. The minimum Gasteiger partial charge on any atom is -0.390 e. The summed E-state index contributed by atoms with van der Waals surface area (Å²) in [5.41, 5.74) is 0.0263. The molecule has 1 aromatic carbocycles. The Labute approximate surface area is 198 Å². The molecule has 0 radical (unpaired) electrons. The van der Waals surface area contributed by atoms with Crippen molar-refractivity contribution in [2.24, 2.45) is 5.92 Å². The number of amides is 1. The number of H-pyrrole nitrogens is 1. The van der Waals surface area contributed by atoms with Crippen molar-refractivity contribution in [3.63, 3.8) is 0 Å². The first-order valence-corrected chi connectivity index (χ1v) is 13.0. The number of carbonyl (C=O) groups is 1. The van der Waals surface area contributed by atoms with Crippen molar-refractivity contribution in [2.75, 3.05) is 13.1 Å². The Kier molecular flexibility index (Phi) is 6.60. The summed E-state index contributed by atoms with van der Waals surface area (Å²) in [6.45, 7) is 5.13. The molecule has 4 rings (SSSR count). The highest BCUT2D eigenvalue weighted by molar-refractivity contribution is 7.90. The summed E-state index contributed by atoms with van der Waals surface area (Å²) >= 11 is 0. The molecule has 0 atom stereocenters. The third-order valence-electron chi connectivity index (χ3n) is 6.28. The number of nitrogens with zero attached hydrogens (tertiary/aromatic N) is 2. The van der Waals surface area contributed by atoms with Gasteiger partial charge in [0, 0.05) is 31.0 Å². The van der Waals surface area contributed by atoms with E-state index in [1.807, 2.05) is 0 Å². The summed E-state index contributed by atoms with van der Waals surface area (Å²) in [6.07, 6.45) is 4.45. The smallest absolute Gasteiger partial charge is 0.257 e. The zero-order valence-corrected chi connectivity index (χ0v) is 20.1. The maximum Gasteiger partial charge on any atom is 0.257 e. The van der Waals surface area contributed by atoms with Crippen LogP contribution in [0.1, 0.15) is 49.0 Å². The van der Waals surface area contributed by atoms with Gasteiger partial charge in [-0.1, -0.05) is 26.0 Å². The monoisotopic (exact) mass is 483 g/mol. The number of hydrogen-bond acceptors (Lipinski definition) is 6. The van der Waals surface area contributed by atoms with E-state index < -0.39 is 21.0 Å². The van der Waals surface area contributed by atoms with Crippen LogP contribution in [-0.2, 0) is 15.6 Å². The highest BCUT2D eigenvalue weighted by Crippen LogP contribution is 2.29. The van der Waals surface area contributed by atoms with Crippen LogP contribution in [0.4, 0.5) is 0 Å². The van der Waals surface area contributed by atoms with Crippen molar-refractivity contribution in [3.8, 4) is 0 Å². The molecule has 180 valence electrons. The summed E-state index contributed by atoms with van der Waals surface area (Å²) in [6, 6.07) is 9.63. The van der Waals surface area contributed by atoms with Gasteiger partial charge < -0.3 is 15.0 Å². The Morgan fingerprint density at radius 1 is 1.18 bits per heavy atom. The van der Waals surface area contributed by atoms with E-state index in [1.54, 1.807) is 35.2 Å². The standard InChI is InChI=1S/C25H29N3O5S/c1-17(2)14-25(31)9-12-28(13-10-25)24(30)19-7-5-18(6-8-19)16-34(32,33)21-15-27-23(29)20-4-3-11-26-22(20)21/h3-8,11,15,17,31H,9-10,12-14,16H2,1-2H3,(H,27,29). The maximum absolute atomic E-state index is 13.1. The summed E-state index contributed by atoms with van der Waals surface area (Å²) in [5.74, 6) is -0.0247. The molecule has 9 heteroatoms. The molecule has 1 saturated heterocycles. The topological polar surface area (TPSA) is 120 Å². The molecule has 1 amide bonds. The van der Waals surface area contributed by atoms with E-state index >= 15 is 0 Å². The molecule has 0 spiro atoms. The highest BCUT2D eigenvalue weighted by atomic mass is 32.2. The summed E-state index contributed by atoms with van der Waals surface area (Å²) in [5, 5.41) is 10.9. The molecule has 1 aliphatic heterocycles. The lowest BCUT2D eigenvalue weighted by Gasteiger charge is -2.39. The molecule has 0 aliphatic carbocycles. The number of likely N-dealkylation sites (tertiary alicyclic amines) is 1. The van der Waals surface area contributed by atoms with Gasteiger partial charge in [0.1, 0.15) is 4.90 Å². The molecule has 3 heterocycles. The quantitative estimate of drug-likeness (QED) is 0.556. The van der Waals surface area contributed by atoms with Gasteiger partial charge in [-0.2, -0.15) is 0 Å². The number of benzene rings is 1. The fourth-order valence-electron chi connectivity index (χ4n) is 4.61. The molecule has 0 saturated carbocycles. The first-order valence-electron chi connectivity index (χ1n) is 11.4. The first-order chi connectivity index (χ1) is 16.1. The van der Waals surface area contributed by atoms with Gasteiger partial charge in [0.25, 0.3) is 11.5 Å². The molecular weight excluding hydrogens is 454 g/mol. The predicted molar refractivity (Wildman–Crippen MR) is 129 cm³/mol. The number of carbonyl (C=O) groups excluding carboxylic acids is 1. The molecule has 8 nitrogen and oxygen atoms in total. The van der Waals surface area contributed by atoms with E-state index in [2.05, 4.69) is 23.8 Å². The number of rotatable bonds is 6. The first kappa shape index (κ1) is 24.1. The fraction of sp³-hybridized carbons (Fsp3) is 0.400. The maximum atomic E-state index is 13.1. The number of nitrogens with one attached hydrogen (secondary N) is 1. The average molecular weight is 484 g/mol. The average Bonchev–Trinajstić information content (AvgIpc) is 2.79. The van der Waals surface area contributed by atoms with Crippen LogP contribution in [0, 0.1) is 5.92 Å². The number of piperidine rings is 1. The van der Waals surface area contributed by atoms with E-state index in [-0.39, 0.29) is 27.5 Å². The number of aromatic amines is 1. The molecule has 1 aliphatic rings. The van der Waals surface area contributed by atoms with Crippen LogP contribution in [0.3, 0.4) is 0 Å². The van der Waals surface area contributed by atoms with Gasteiger partial charge >= 0.3 is 0 Å². The van der Waals surface area contributed by atoms with Crippen molar-refractivity contribution in [3.05, 3.63) is 70.3 Å². The molecule has 0 bridgehead atoms. The van der Waals surface area contributed by atoms with Crippen LogP contribution in [-0.4, -0.2) is 53.0 Å². The molecule has 2 N–H and O–H groups in total. The van der Waals surface area contributed by atoms with E-state index in [0.29, 0.717) is 43.0 Å². The normalized spacial score (nSPS) is 16.2. The summed E-state index contributed by atoms with van der Waals surface area (Å²) in [7, 11) is -3.79. The second-order valence-electron chi connectivity index (χ2n) is 9.45. The zero-order valence-electron chi connectivity index (χ0n) is 19.3. The predicted octanol–water partition coefficient (Wildman–Crippen LogP) is 2.91. The molecule has 34 heavy (non-hydrogen) atoms. The molecule has 1 fully saturated rings. The number of hydrogen-bond donors (Lipinski definition) is 2. The van der Waals surface area contributed by atoms with Gasteiger partial charge in [0.15, 0.2) is 9.84 Å². The lowest BCUT2D eigenvalue weighted by atomic mass is 9.84. The van der Waals surface area contributed by atoms with Gasteiger partial charge in [-0.15, -0.1) is 0 Å². The van der Waals surface area contributed by atoms with Crippen LogP contribution in [0.25, 0.3) is 10.9 Å². The molecular formula is C25H29N3O5S. The summed E-state index contributed by atoms with van der Waals surface area (Å²) < 4.78 is 26.1. The van der Waals surface area contributed by atoms with Crippen molar-refractivity contribution in [2.45, 2.75) is 49.4 Å². The van der Waals surface area contributed by atoms with Gasteiger partial charge in [-0.05, 0) is 55.0 Å². The van der Waals surface area contributed by atoms with E-state index in [4.69, 9.17) is 0 Å². The van der Waals surface area contributed by atoms with Gasteiger partial charge in [-0.25, -0.2) is 8.42 Å². The molecule has 3 aromatic rings. The van der Waals surface area contributed by atoms with Crippen molar-refractivity contribution in [1.82, 2.24) is 14.9 Å². The van der Waals surface area contributed by atoms with Gasteiger partial charge in [0.2, 0.25) is 0 Å². The lowest BCUT2D eigenvalue weighted by Crippen LogP contribution is -2.47. The zero-order chi connectivity index (χ0) is 24.5. The van der Waals surface area contributed by atoms with Crippen molar-refractivity contribution < 1.29 is 18.3 Å². The largest absolute Gasteiger partial charge is 0.390 e. The summed E-state index contributed by atoms with van der Waals surface area (Å²) in [4.78, 5) is 33.2. The van der Waals surface area contributed by atoms with Gasteiger partial charge in [-0.3, -0.25) is 14.6 Å². The Balaban J connectivity index is 1.47. The van der Waals surface area contributed by atoms with Crippen molar-refractivity contribution in [1.29, 1.82) is 0 Å². The number of aliphatic hydroxyl groups is 1. The van der Waals surface area contributed by atoms with E-state index in [9.17, 15) is 23.1 Å². The van der Waals surface area contributed by atoms with E-state index in [0.717, 1.165) is 6.42 Å². The SMILES string of the molecule is CC(C)CC1(O)CCN(C(=O)c2ccc(CS(=O)(=O)c3c[nH]c(=O)c4cccnc34)cc2)CC1. The van der Waals surface area contributed by atoms with Crippen LogP contribution in [0.15, 0.2) is 58.5 Å². The van der Waals surface area contributed by atoms with E-state index in [1.165, 1.54) is 18.5 Å². The van der Waals surface area contributed by atoms with Crippen LogP contribution in [0.2, 0.25) is 0 Å². The lowest BCUT2D eigenvalue weighted by molar-refractivity contribution is -0.0311. The second kappa shape index (κ2) is 9.31. The Morgan fingerprint density at radius 3 is 2.50 bits per heavy atom. The molecule has 0 unspecified atom stereocenters. The Bertz CT molecular complexity index is 1360. The minimum absolute atomic E-state index is 0.0370. The van der Waals surface area contributed by atoms with Crippen LogP contribution >= 0.6 is 0 Å². The number of aromatic nitrogens is 2. The van der Waals surface area contributed by atoms with Gasteiger partial charge in [0.05, 0.1) is 22.3 Å². The number of sulfone groups is 1. The second-order valence-corrected chi connectivity index (χ2v) is 11.4. The van der Waals surface area contributed by atoms with Crippen LogP contribution in [0.5, 0.6) is 0 Å².